The third-order valence-electron chi connectivity index (χ3n) is 3.51. The molecule has 0 atom stereocenters. The van der Waals surface area contributed by atoms with E-state index in [2.05, 4.69) is 16.5 Å². The lowest BCUT2D eigenvalue weighted by atomic mass is 10.2. The molecule has 6 nitrogen and oxygen atoms in total. The van der Waals surface area contributed by atoms with Gasteiger partial charge in [0.15, 0.2) is 16.3 Å². The van der Waals surface area contributed by atoms with E-state index in [1.807, 2.05) is 31.2 Å². The van der Waals surface area contributed by atoms with E-state index in [4.69, 9.17) is 0 Å². The van der Waals surface area contributed by atoms with Crippen molar-refractivity contribution in [2.75, 3.05) is 0 Å². The van der Waals surface area contributed by atoms with E-state index in [0.717, 1.165) is 4.90 Å². The van der Waals surface area contributed by atoms with Crippen molar-refractivity contribution < 1.29 is 0 Å². The van der Waals surface area contributed by atoms with E-state index in [1.165, 1.54) is 21.9 Å². The maximum absolute atomic E-state index is 12.2. The quantitative estimate of drug-likeness (QED) is 0.744. The second-order valence-corrected chi connectivity index (χ2v) is 6.24. The van der Waals surface area contributed by atoms with Crippen LogP contribution in [-0.2, 0) is 13.6 Å². The standard InChI is InChI=1S/C16H16N4O2S/c1-4-9-20-12-13(19(3)15(22)18-14(12)21)17-16(20)23-11-7-5-10(2)6-8-11/h4-8H,1,9H2,2-3H3,(H,18,21,22). The fourth-order valence-corrected chi connectivity index (χ4v) is 3.19. The van der Waals surface area contributed by atoms with Gasteiger partial charge >= 0.3 is 5.69 Å². The molecule has 3 aromatic rings. The first-order valence-corrected chi connectivity index (χ1v) is 7.88. The lowest BCUT2D eigenvalue weighted by Gasteiger charge is -2.05. The van der Waals surface area contributed by atoms with Crippen LogP contribution < -0.4 is 11.2 Å². The largest absolute Gasteiger partial charge is 0.329 e. The summed E-state index contributed by atoms with van der Waals surface area (Å²) in [7, 11) is 1.59. The van der Waals surface area contributed by atoms with Gasteiger partial charge in [0.25, 0.3) is 5.56 Å². The first-order chi connectivity index (χ1) is 11.0. The maximum Gasteiger partial charge on any atom is 0.329 e. The number of imidazole rings is 1. The number of allylic oxidation sites excluding steroid dienone is 1. The van der Waals surface area contributed by atoms with Crippen LogP contribution >= 0.6 is 11.8 Å². The molecule has 118 valence electrons. The van der Waals surface area contributed by atoms with E-state index < -0.39 is 11.2 Å². The van der Waals surface area contributed by atoms with Crippen molar-refractivity contribution in [3.63, 3.8) is 0 Å². The molecule has 0 aliphatic carbocycles. The smallest absolute Gasteiger partial charge is 0.309 e. The number of aromatic nitrogens is 4. The highest BCUT2D eigenvalue weighted by molar-refractivity contribution is 7.99. The Labute approximate surface area is 136 Å². The van der Waals surface area contributed by atoms with Crippen molar-refractivity contribution in [3.8, 4) is 0 Å². The van der Waals surface area contributed by atoms with E-state index in [1.54, 1.807) is 17.7 Å². The van der Waals surface area contributed by atoms with Gasteiger partial charge in [-0.15, -0.1) is 6.58 Å². The van der Waals surface area contributed by atoms with Crippen LogP contribution in [0.3, 0.4) is 0 Å². The molecule has 23 heavy (non-hydrogen) atoms. The predicted octanol–water partition coefficient (Wildman–Crippen LogP) is 2.07. The molecular weight excluding hydrogens is 312 g/mol. The third-order valence-corrected chi connectivity index (χ3v) is 4.52. The average Bonchev–Trinajstić information content (AvgIpc) is 2.87. The molecule has 0 radical (unpaired) electrons. The first kappa shape index (κ1) is 15.4. The minimum Gasteiger partial charge on any atom is -0.309 e. The Morgan fingerprint density at radius 3 is 2.65 bits per heavy atom. The number of aryl methyl sites for hydroxylation is 2. The number of benzene rings is 1. The second-order valence-electron chi connectivity index (χ2n) is 5.20. The lowest BCUT2D eigenvalue weighted by molar-refractivity contribution is 0.745. The number of hydrogen-bond acceptors (Lipinski definition) is 4. The van der Waals surface area contributed by atoms with Crippen LogP contribution in [0.2, 0.25) is 0 Å². The van der Waals surface area contributed by atoms with Crippen molar-refractivity contribution >= 4 is 22.9 Å². The monoisotopic (exact) mass is 328 g/mol. The van der Waals surface area contributed by atoms with Crippen LogP contribution in [0, 0.1) is 6.92 Å². The van der Waals surface area contributed by atoms with Gasteiger partial charge in [0, 0.05) is 18.5 Å². The van der Waals surface area contributed by atoms with Gasteiger partial charge in [0.2, 0.25) is 0 Å². The summed E-state index contributed by atoms with van der Waals surface area (Å²) in [6.45, 7) is 6.19. The second kappa shape index (κ2) is 5.92. The van der Waals surface area contributed by atoms with Crippen LogP contribution in [-0.4, -0.2) is 19.1 Å². The van der Waals surface area contributed by atoms with Crippen molar-refractivity contribution in [1.29, 1.82) is 0 Å². The summed E-state index contributed by atoms with van der Waals surface area (Å²) >= 11 is 1.45. The van der Waals surface area contributed by atoms with Crippen LogP contribution in [0.1, 0.15) is 5.56 Å². The summed E-state index contributed by atoms with van der Waals surface area (Å²) in [5, 5.41) is 0.649. The molecule has 2 aromatic heterocycles. The van der Waals surface area contributed by atoms with Crippen LogP contribution in [0.25, 0.3) is 11.2 Å². The molecule has 7 heteroatoms. The molecule has 0 saturated carbocycles. The van der Waals surface area contributed by atoms with Gasteiger partial charge in [-0.1, -0.05) is 35.5 Å². The number of H-pyrrole nitrogens is 1. The van der Waals surface area contributed by atoms with Gasteiger partial charge in [-0.3, -0.25) is 14.3 Å². The third kappa shape index (κ3) is 2.75. The summed E-state index contributed by atoms with van der Waals surface area (Å²) < 4.78 is 3.11. The van der Waals surface area contributed by atoms with Crippen molar-refractivity contribution in [2.24, 2.45) is 7.05 Å². The Bertz CT molecular complexity index is 996. The Kier molecular flexibility index (Phi) is 3.96. The van der Waals surface area contributed by atoms with Crippen molar-refractivity contribution in [3.05, 3.63) is 63.3 Å². The molecule has 0 spiro atoms. The van der Waals surface area contributed by atoms with Gasteiger partial charge in [-0.2, -0.15) is 0 Å². The summed E-state index contributed by atoms with van der Waals surface area (Å²) in [4.78, 5) is 31.8. The molecule has 0 amide bonds. The normalized spacial score (nSPS) is 11.0. The highest BCUT2D eigenvalue weighted by atomic mass is 32.2. The molecule has 0 unspecified atom stereocenters. The molecule has 0 saturated heterocycles. The fourth-order valence-electron chi connectivity index (χ4n) is 2.30. The number of rotatable bonds is 4. The Morgan fingerprint density at radius 2 is 2.00 bits per heavy atom. The molecule has 0 fully saturated rings. The molecular formula is C16H16N4O2S. The average molecular weight is 328 g/mol. The Hall–Kier alpha value is -2.54. The highest BCUT2D eigenvalue weighted by Crippen LogP contribution is 2.29. The molecule has 1 aromatic carbocycles. The van der Waals surface area contributed by atoms with Gasteiger partial charge in [0.05, 0.1) is 0 Å². The molecule has 1 N–H and O–H groups in total. The lowest BCUT2D eigenvalue weighted by Crippen LogP contribution is -2.29. The number of hydrogen-bond donors (Lipinski definition) is 1. The zero-order valence-electron chi connectivity index (χ0n) is 12.9. The van der Waals surface area contributed by atoms with E-state index >= 15 is 0 Å². The SMILES string of the molecule is C=CCn1c(Sc2ccc(C)cc2)nc2c1c(=O)[nH]c(=O)n2C. The summed E-state index contributed by atoms with van der Waals surface area (Å²) in [5.74, 6) is 0. The van der Waals surface area contributed by atoms with E-state index in [0.29, 0.717) is 22.9 Å². The molecule has 3 rings (SSSR count). The first-order valence-electron chi connectivity index (χ1n) is 7.06. The predicted molar refractivity (Wildman–Crippen MR) is 91.1 cm³/mol. The van der Waals surface area contributed by atoms with Gasteiger partial charge in [-0.05, 0) is 19.1 Å². The minimum absolute atomic E-state index is 0.371. The van der Waals surface area contributed by atoms with Crippen LogP contribution in [0.5, 0.6) is 0 Å². The summed E-state index contributed by atoms with van der Waals surface area (Å²) in [5.41, 5.74) is 1.01. The Morgan fingerprint density at radius 1 is 1.30 bits per heavy atom. The number of nitrogens with one attached hydrogen (secondary N) is 1. The minimum atomic E-state index is -0.474. The molecule has 2 heterocycles. The number of aromatic amines is 1. The zero-order chi connectivity index (χ0) is 16.6. The number of fused-ring (bicyclic) bond motifs is 1. The van der Waals surface area contributed by atoms with Crippen LogP contribution in [0.15, 0.2) is 56.6 Å². The Balaban J connectivity index is 2.21. The van der Waals surface area contributed by atoms with Gasteiger partial charge in [0.1, 0.15) is 0 Å². The summed E-state index contributed by atoms with van der Waals surface area (Å²) in [6.07, 6.45) is 1.70. The van der Waals surface area contributed by atoms with Gasteiger partial charge < -0.3 is 4.57 Å². The van der Waals surface area contributed by atoms with E-state index in [9.17, 15) is 9.59 Å². The van der Waals surface area contributed by atoms with E-state index in [-0.39, 0.29) is 0 Å². The molecule has 0 aliphatic rings. The summed E-state index contributed by atoms with van der Waals surface area (Å²) in [6, 6.07) is 8.04. The molecule has 0 bridgehead atoms. The van der Waals surface area contributed by atoms with Crippen molar-refractivity contribution in [1.82, 2.24) is 19.1 Å². The number of nitrogens with zero attached hydrogens (tertiary/aromatic N) is 3. The highest BCUT2D eigenvalue weighted by Gasteiger charge is 2.17. The molecule has 0 aliphatic heterocycles. The maximum atomic E-state index is 12.2. The topological polar surface area (TPSA) is 72.7 Å². The van der Waals surface area contributed by atoms with Gasteiger partial charge in [-0.25, -0.2) is 9.78 Å². The van der Waals surface area contributed by atoms with Crippen LogP contribution in [0.4, 0.5) is 0 Å². The van der Waals surface area contributed by atoms with Crippen molar-refractivity contribution in [2.45, 2.75) is 23.5 Å². The zero-order valence-corrected chi connectivity index (χ0v) is 13.7. The fraction of sp³-hybridized carbons (Fsp3) is 0.188.